The SMILES string of the molecule is COc1cc(/C=C2\C(=O)NN(c3ccccc3)C2=O)cc(Br)c1OCCCOc1ccccc1. The van der Waals surface area contributed by atoms with E-state index in [-0.39, 0.29) is 5.57 Å². The minimum absolute atomic E-state index is 0.0320. The van der Waals surface area contributed by atoms with Crippen molar-refractivity contribution in [2.24, 2.45) is 0 Å². The fourth-order valence-corrected chi connectivity index (χ4v) is 3.96. The molecule has 174 valence electrons. The van der Waals surface area contributed by atoms with Crippen molar-refractivity contribution in [1.29, 1.82) is 0 Å². The van der Waals surface area contributed by atoms with Crippen molar-refractivity contribution in [3.05, 3.63) is 88.4 Å². The summed E-state index contributed by atoms with van der Waals surface area (Å²) in [7, 11) is 1.54. The predicted octanol–water partition coefficient (Wildman–Crippen LogP) is 4.77. The number of carbonyl (C=O) groups excluding carboxylic acids is 2. The van der Waals surface area contributed by atoms with E-state index >= 15 is 0 Å². The monoisotopic (exact) mass is 522 g/mol. The molecule has 4 rings (SSSR count). The summed E-state index contributed by atoms with van der Waals surface area (Å²) in [4.78, 5) is 25.3. The summed E-state index contributed by atoms with van der Waals surface area (Å²) in [5.74, 6) is 0.941. The van der Waals surface area contributed by atoms with Crippen LogP contribution in [0.1, 0.15) is 12.0 Å². The lowest BCUT2D eigenvalue weighted by atomic mass is 10.1. The topological polar surface area (TPSA) is 77.1 Å². The van der Waals surface area contributed by atoms with Crippen molar-refractivity contribution < 1.29 is 23.8 Å². The van der Waals surface area contributed by atoms with E-state index in [1.165, 1.54) is 18.2 Å². The Morgan fingerprint density at radius 2 is 1.62 bits per heavy atom. The van der Waals surface area contributed by atoms with Gasteiger partial charge in [-0.25, -0.2) is 5.01 Å². The van der Waals surface area contributed by atoms with Gasteiger partial charge in [0.25, 0.3) is 11.8 Å². The summed E-state index contributed by atoms with van der Waals surface area (Å²) in [6.07, 6.45) is 2.21. The van der Waals surface area contributed by atoms with Crippen LogP contribution in [0.5, 0.6) is 17.2 Å². The minimum atomic E-state index is -0.470. The van der Waals surface area contributed by atoms with Crippen LogP contribution in [-0.4, -0.2) is 32.1 Å². The fraction of sp³-hybridized carbons (Fsp3) is 0.154. The van der Waals surface area contributed by atoms with Crippen molar-refractivity contribution in [3.8, 4) is 17.2 Å². The highest BCUT2D eigenvalue weighted by Gasteiger charge is 2.34. The highest BCUT2D eigenvalue weighted by atomic mass is 79.9. The number of hydrogen-bond acceptors (Lipinski definition) is 5. The summed E-state index contributed by atoms with van der Waals surface area (Å²) in [5.41, 5.74) is 3.83. The van der Waals surface area contributed by atoms with Gasteiger partial charge >= 0.3 is 0 Å². The number of nitrogens with one attached hydrogen (secondary N) is 1. The number of amides is 2. The van der Waals surface area contributed by atoms with Gasteiger partial charge in [0.05, 0.1) is 30.5 Å². The number of halogens is 1. The molecule has 0 radical (unpaired) electrons. The number of rotatable bonds is 9. The molecule has 7 nitrogen and oxygen atoms in total. The minimum Gasteiger partial charge on any atom is -0.493 e. The van der Waals surface area contributed by atoms with Crippen LogP contribution in [0.15, 0.2) is 82.8 Å². The van der Waals surface area contributed by atoms with Crippen LogP contribution in [-0.2, 0) is 9.59 Å². The number of benzene rings is 3. The van der Waals surface area contributed by atoms with E-state index in [2.05, 4.69) is 21.4 Å². The number of nitrogens with zero attached hydrogens (tertiary/aromatic N) is 1. The van der Waals surface area contributed by atoms with Crippen LogP contribution in [0.25, 0.3) is 6.08 Å². The average molecular weight is 523 g/mol. The molecule has 0 aliphatic carbocycles. The second-order valence-electron chi connectivity index (χ2n) is 7.37. The smallest absolute Gasteiger partial charge is 0.282 e. The summed E-state index contributed by atoms with van der Waals surface area (Å²) in [5, 5.41) is 1.23. The Bertz CT molecular complexity index is 1200. The van der Waals surface area contributed by atoms with Gasteiger partial charge < -0.3 is 14.2 Å². The largest absolute Gasteiger partial charge is 0.493 e. The normalized spacial score (nSPS) is 14.3. The van der Waals surface area contributed by atoms with Gasteiger partial charge in [-0.15, -0.1) is 0 Å². The predicted molar refractivity (Wildman–Crippen MR) is 133 cm³/mol. The van der Waals surface area contributed by atoms with Crippen LogP contribution in [0, 0.1) is 0 Å². The maximum Gasteiger partial charge on any atom is 0.282 e. The molecule has 0 atom stereocenters. The average Bonchev–Trinajstić information content (AvgIpc) is 3.14. The molecule has 1 heterocycles. The molecule has 0 unspecified atom stereocenters. The third-order valence-electron chi connectivity index (χ3n) is 5.02. The van der Waals surface area contributed by atoms with Crippen LogP contribution in [0.3, 0.4) is 0 Å². The lowest BCUT2D eigenvalue weighted by Gasteiger charge is -2.14. The third-order valence-corrected chi connectivity index (χ3v) is 5.60. The number of methoxy groups -OCH3 is 1. The summed E-state index contributed by atoms with van der Waals surface area (Å²) >= 11 is 3.51. The molecule has 0 spiro atoms. The van der Waals surface area contributed by atoms with E-state index in [0.29, 0.717) is 46.9 Å². The first kappa shape index (κ1) is 23.4. The van der Waals surface area contributed by atoms with Crippen molar-refractivity contribution in [1.82, 2.24) is 5.43 Å². The first-order chi connectivity index (χ1) is 16.6. The maximum absolute atomic E-state index is 12.8. The number of hydrazine groups is 1. The van der Waals surface area contributed by atoms with Crippen molar-refractivity contribution >= 4 is 39.5 Å². The number of hydrogen-bond donors (Lipinski definition) is 1. The molecule has 1 fully saturated rings. The zero-order valence-corrected chi connectivity index (χ0v) is 20.1. The first-order valence-electron chi connectivity index (χ1n) is 10.7. The molecule has 0 aromatic heterocycles. The molecular weight excluding hydrogens is 500 g/mol. The zero-order chi connectivity index (χ0) is 23.9. The number of carbonyl (C=O) groups is 2. The van der Waals surface area contributed by atoms with Gasteiger partial charge in [-0.05, 0) is 64.0 Å². The van der Waals surface area contributed by atoms with E-state index in [0.717, 1.165) is 5.75 Å². The molecule has 3 aromatic carbocycles. The van der Waals surface area contributed by atoms with Crippen molar-refractivity contribution in [2.75, 3.05) is 25.3 Å². The molecule has 0 bridgehead atoms. The number of para-hydroxylation sites is 2. The Balaban J connectivity index is 1.43. The lowest BCUT2D eigenvalue weighted by Crippen LogP contribution is -2.35. The lowest BCUT2D eigenvalue weighted by molar-refractivity contribution is -0.117. The van der Waals surface area contributed by atoms with Gasteiger partial charge in [-0.1, -0.05) is 36.4 Å². The number of ether oxygens (including phenoxy) is 3. The van der Waals surface area contributed by atoms with Gasteiger partial charge in [0.15, 0.2) is 11.5 Å². The molecule has 1 saturated heterocycles. The molecular formula is C26H23BrN2O5. The molecule has 2 amide bonds. The standard InChI is InChI=1S/C26H23BrN2O5/c1-32-23-17-18(15-21-25(30)28-29(26(21)31)19-9-4-2-5-10-19)16-22(27)24(23)34-14-8-13-33-20-11-6-3-7-12-20/h2-7,9-12,15-17H,8,13-14H2,1H3,(H,28,30)/b21-15+. The Labute approximate surface area is 206 Å². The van der Waals surface area contributed by atoms with Gasteiger partial charge in [0.1, 0.15) is 11.3 Å². The molecule has 34 heavy (non-hydrogen) atoms. The highest BCUT2D eigenvalue weighted by molar-refractivity contribution is 9.10. The molecule has 3 aromatic rings. The fourth-order valence-electron chi connectivity index (χ4n) is 3.39. The van der Waals surface area contributed by atoms with Crippen LogP contribution < -0.4 is 24.6 Å². The summed E-state index contributed by atoms with van der Waals surface area (Å²) in [6.45, 7) is 0.943. The first-order valence-corrected chi connectivity index (χ1v) is 11.5. The summed E-state index contributed by atoms with van der Waals surface area (Å²) in [6, 6.07) is 22.0. The second kappa shape index (κ2) is 10.9. The maximum atomic E-state index is 12.8. The van der Waals surface area contributed by atoms with E-state index in [9.17, 15) is 9.59 Å². The molecule has 1 aliphatic rings. The molecule has 0 saturated carbocycles. The summed E-state index contributed by atoms with van der Waals surface area (Å²) < 4.78 is 17.7. The quantitative estimate of drug-likeness (QED) is 0.249. The van der Waals surface area contributed by atoms with Crippen molar-refractivity contribution in [3.63, 3.8) is 0 Å². The van der Waals surface area contributed by atoms with Gasteiger partial charge in [-0.3, -0.25) is 15.0 Å². The van der Waals surface area contributed by atoms with E-state index in [4.69, 9.17) is 14.2 Å². The van der Waals surface area contributed by atoms with E-state index in [1.54, 1.807) is 36.4 Å². The Hall–Kier alpha value is -3.78. The Morgan fingerprint density at radius 3 is 2.32 bits per heavy atom. The van der Waals surface area contributed by atoms with Crippen LogP contribution in [0.2, 0.25) is 0 Å². The van der Waals surface area contributed by atoms with E-state index in [1.807, 2.05) is 36.4 Å². The molecule has 1 aliphatic heterocycles. The van der Waals surface area contributed by atoms with Gasteiger partial charge in [0, 0.05) is 6.42 Å². The van der Waals surface area contributed by atoms with Crippen molar-refractivity contribution in [2.45, 2.75) is 6.42 Å². The second-order valence-corrected chi connectivity index (χ2v) is 8.23. The van der Waals surface area contributed by atoms with E-state index < -0.39 is 11.8 Å². The molecule has 1 N–H and O–H groups in total. The Kier molecular flexibility index (Phi) is 7.49. The Morgan fingerprint density at radius 1 is 0.941 bits per heavy atom. The molecule has 8 heteroatoms. The van der Waals surface area contributed by atoms with Crippen LogP contribution in [0.4, 0.5) is 5.69 Å². The van der Waals surface area contributed by atoms with Gasteiger partial charge in [-0.2, -0.15) is 0 Å². The highest BCUT2D eigenvalue weighted by Crippen LogP contribution is 2.37. The third kappa shape index (κ3) is 5.40. The van der Waals surface area contributed by atoms with Gasteiger partial charge in [0.2, 0.25) is 0 Å². The van der Waals surface area contributed by atoms with Crippen LogP contribution >= 0.6 is 15.9 Å². The number of anilines is 1. The zero-order valence-electron chi connectivity index (χ0n) is 18.5.